The molecule has 10 heteroatoms. The van der Waals surface area contributed by atoms with Crippen LogP contribution in [0.15, 0.2) is 30.3 Å². The van der Waals surface area contributed by atoms with Crippen LogP contribution in [0.4, 0.5) is 0 Å². The second kappa shape index (κ2) is 11.8. The summed E-state index contributed by atoms with van der Waals surface area (Å²) < 4.78 is 51.8. The summed E-state index contributed by atoms with van der Waals surface area (Å²) in [6.45, 7) is 8.15. The van der Waals surface area contributed by atoms with E-state index in [0.717, 1.165) is 5.56 Å². The Morgan fingerprint density at radius 1 is 0.850 bits per heavy atom. The minimum Gasteiger partial charge on any atom is -0.493 e. The topological polar surface area (TPSA) is 100 Å². The van der Waals surface area contributed by atoms with E-state index in [1.807, 2.05) is 51.1 Å². The van der Waals surface area contributed by atoms with E-state index in [2.05, 4.69) is 0 Å². The normalized spacial score (nSPS) is 15.9. The molecule has 0 spiro atoms. The highest BCUT2D eigenvalue weighted by Gasteiger charge is 2.34. The fraction of sp³-hybridized carbons (Fsp3) is 0.433. The first-order valence-corrected chi connectivity index (χ1v) is 13.3. The number of carbonyl (C=O) groups excluding carboxylic acids is 1. The van der Waals surface area contributed by atoms with Crippen LogP contribution in [0.1, 0.15) is 50.0 Å². The Hall–Kier alpha value is -3.73. The van der Waals surface area contributed by atoms with Crippen LogP contribution < -0.4 is 23.7 Å². The molecule has 3 aromatic carbocycles. The van der Waals surface area contributed by atoms with Gasteiger partial charge in [0.1, 0.15) is 12.4 Å². The van der Waals surface area contributed by atoms with Gasteiger partial charge in [0, 0.05) is 29.5 Å². The molecule has 2 heterocycles. The second-order valence-electron chi connectivity index (χ2n) is 9.27. The van der Waals surface area contributed by atoms with Gasteiger partial charge in [0.25, 0.3) is 0 Å². The number of cyclic esters (lactones) is 1. The second-order valence-corrected chi connectivity index (χ2v) is 9.27. The van der Waals surface area contributed by atoms with Crippen LogP contribution in [-0.2, 0) is 25.6 Å². The van der Waals surface area contributed by atoms with E-state index in [1.54, 1.807) is 21.1 Å². The third-order valence-corrected chi connectivity index (χ3v) is 6.79. The van der Waals surface area contributed by atoms with Crippen molar-refractivity contribution in [3.63, 3.8) is 0 Å². The molecule has 0 radical (unpaired) electrons. The Kier molecular flexibility index (Phi) is 8.20. The molecule has 3 aromatic rings. The van der Waals surface area contributed by atoms with Crippen LogP contribution in [0.25, 0.3) is 21.9 Å². The fourth-order valence-electron chi connectivity index (χ4n) is 5.02. The Morgan fingerprint density at radius 2 is 1.57 bits per heavy atom. The lowest BCUT2D eigenvalue weighted by Gasteiger charge is -2.26. The van der Waals surface area contributed by atoms with Crippen LogP contribution in [0, 0.1) is 0 Å². The van der Waals surface area contributed by atoms with Gasteiger partial charge in [0.05, 0.1) is 19.8 Å². The van der Waals surface area contributed by atoms with Gasteiger partial charge < -0.3 is 42.6 Å². The van der Waals surface area contributed by atoms with E-state index >= 15 is 0 Å². The summed E-state index contributed by atoms with van der Waals surface area (Å²) in [5, 5.41) is 1.42. The van der Waals surface area contributed by atoms with Gasteiger partial charge in [-0.3, -0.25) is 0 Å². The van der Waals surface area contributed by atoms with Gasteiger partial charge in [-0.2, -0.15) is 0 Å². The number of benzene rings is 3. The van der Waals surface area contributed by atoms with Crippen molar-refractivity contribution in [3.8, 4) is 39.9 Å². The number of rotatable bonds is 12. The predicted octanol–water partition coefficient (Wildman–Crippen LogP) is 5.80. The summed E-state index contributed by atoms with van der Waals surface area (Å²) in [5.41, 5.74) is 2.47. The molecule has 2 aliphatic rings. The van der Waals surface area contributed by atoms with Crippen LogP contribution in [0.5, 0.6) is 28.7 Å². The number of ether oxygens (including phenoxy) is 9. The first-order valence-electron chi connectivity index (χ1n) is 13.3. The van der Waals surface area contributed by atoms with E-state index in [-0.39, 0.29) is 13.4 Å². The van der Waals surface area contributed by atoms with Crippen molar-refractivity contribution in [2.45, 2.75) is 59.6 Å². The molecule has 0 N–H and O–H groups in total. The smallest absolute Gasteiger partial charge is 0.339 e. The molecule has 0 saturated carbocycles. The molecule has 0 bridgehead atoms. The average Bonchev–Trinajstić information content (AvgIpc) is 3.58. The predicted molar refractivity (Wildman–Crippen MR) is 145 cm³/mol. The lowest BCUT2D eigenvalue weighted by molar-refractivity contribution is -0.268. The molecular weight excluding hydrogens is 520 g/mol. The maximum Gasteiger partial charge on any atom is 0.339 e. The van der Waals surface area contributed by atoms with Gasteiger partial charge in [0.15, 0.2) is 35.6 Å². The van der Waals surface area contributed by atoms with Crippen molar-refractivity contribution in [2.24, 2.45) is 0 Å². The number of carbonyl (C=O) groups is 1. The standard InChI is InChI=1S/C30H34O10/c1-7-26(39-17(4)38-16(3)34-8-2)40-29-20-13-24(33-6)23(32-5)12-19(20)27(28-21(29)14-35-30(28)31)18-9-10-22-25(11-18)37-15-36-22/h9-13,16-17,26H,7-8,14-15H2,1-6H3. The van der Waals surface area contributed by atoms with Gasteiger partial charge >= 0.3 is 5.97 Å². The summed E-state index contributed by atoms with van der Waals surface area (Å²) in [7, 11) is 3.13. The highest BCUT2D eigenvalue weighted by Crippen LogP contribution is 2.49. The van der Waals surface area contributed by atoms with Crippen molar-refractivity contribution in [1.29, 1.82) is 0 Å². The highest BCUT2D eigenvalue weighted by molar-refractivity contribution is 6.14. The monoisotopic (exact) mass is 554 g/mol. The molecule has 0 saturated heterocycles. The molecule has 40 heavy (non-hydrogen) atoms. The number of hydrogen-bond donors (Lipinski definition) is 0. The van der Waals surface area contributed by atoms with E-state index in [1.165, 1.54) is 0 Å². The summed E-state index contributed by atoms with van der Waals surface area (Å²) in [6, 6.07) is 9.25. The van der Waals surface area contributed by atoms with Gasteiger partial charge in [-0.1, -0.05) is 13.0 Å². The third kappa shape index (κ3) is 5.22. The van der Waals surface area contributed by atoms with Crippen molar-refractivity contribution in [1.82, 2.24) is 0 Å². The van der Waals surface area contributed by atoms with Crippen LogP contribution in [0.3, 0.4) is 0 Å². The maximum atomic E-state index is 13.2. The molecule has 0 aliphatic carbocycles. The molecule has 0 fully saturated rings. The van der Waals surface area contributed by atoms with Gasteiger partial charge in [-0.25, -0.2) is 4.79 Å². The highest BCUT2D eigenvalue weighted by atomic mass is 16.8. The van der Waals surface area contributed by atoms with Crippen LogP contribution >= 0.6 is 0 Å². The third-order valence-electron chi connectivity index (χ3n) is 6.79. The molecule has 0 amide bonds. The van der Waals surface area contributed by atoms with Gasteiger partial charge in [-0.15, -0.1) is 0 Å². The van der Waals surface area contributed by atoms with E-state index in [9.17, 15) is 4.79 Å². The van der Waals surface area contributed by atoms with Crippen molar-refractivity contribution >= 4 is 16.7 Å². The average molecular weight is 555 g/mol. The molecule has 5 rings (SSSR count). The molecule has 0 aromatic heterocycles. The summed E-state index contributed by atoms with van der Waals surface area (Å²) >= 11 is 0. The minimum atomic E-state index is -0.684. The molecule has 3 unspecified atom stereocenters. The summed E-state index contributed by atoms with van der Waals surface area (Å²) in [5.74, 6) is 2.28. The first-order chi connectivity index (χ1) is 19.4. The largest absolute Gasteiger partial charge is 0.493 e. The lowest BCUT2D eigenvalue weighted by Crippen LogP contribution is -2.30. The van der Waals surface area contributed by atoms with Crippen LogP contribution in [0.2, 0.25) is 0 Å². The van der Waals surface area contributed by atoms with Crippen LogP contribution in [-0.4, -0.2) is 52.5 Å². The van der Waals surface area contributed by atoms with E-state index in [0.29, 0.717) is 69.2 Å². The quantitative estimate of drug-likeness (QED) is 0.202. The Morgan fingerprint density at radius 3 is 2.27 bits per heavy atom. The van der Waals surface area contributed by atoms with Crippen molar-refractivity contribution < 1.29 is 47.4 Å². The number of esters is 1. The van der Waals surface area contributed by atoms with E-state index in [4.69, 9.17) is 42.6 Å². The Labute approximate surface area is 232 Å². The summed E-state index contributed by atoms with van der Waals surface area (Å²) in [6.07, 6.45) is -1.22. The zero-order chi connectivity index (χ0) is 28.4. The number of methoxy groups -OCH3 is 2. The SMILES string of the molecule is CCOC(C)OC(C)OC(CC)Oc1c2c(c(-c3ccc4c(c3)OCO4)c3cc(OC)c(OC)cc13)C(=O)OC2. The first kappa shape index (κ1) is 27.8. The Balaban J connectivity index is 1.66. The summed E-state index contributed by atoms with van der Waals surface area (Å²) in [4.78, 5) is 13.2. The van der Waals surface area contributed by atoms with E-state index < -0.39 is 24.8 Å². The zero-order valence-corrected chi connectivity index (χ0v) is 23.5. The maximum absolute atomic E-state index is 13.2. The molecule has 2 aliphatic heterocycles. The minimum absolute atomic E-state index is 0.0508. The lowest BCUT2D eigenvalue weighted by atomic mass is 9.89. The fourth-order valence-corrected chi connectivity index (χ4v) is 5.02. The van der Waals surface area contributed by atoms with Gasteiger partial charge in [0.2, 0.25) is 13.1 Å². The molecular formula is C30H34O10. The number of hydrogen-bond acceptors (Lipinski definition) is 10. The molecule has 10 nitrogen and oxygen atoms in total. The number of fused-ring (bicyclic) bond motifs is 3. The molecule has 214 valence electrons. The van der Waals surface area contributed by atoms with Crippen molar-refractivity contribution in [3.05, 3.63) is 41.5 Å². The zero-order valence-electron chi connectivity index (χ0n) is 23.5. The van der Waals surface area contributed by atoms with Crippen molar-refractivity contribution in [2.75, 3.05) is 27.6 Å². The Bertz CT molecular complexity index is 1400. The molecule has 3 atom stereocenters. The van der Waals surface area contributed by atoms with Gasteiger partial charge in [-0.05, 0) is 56.0 Å².